The molecule has 1 heterocycles. The Labute approximate surface area is 128 Å². The van der Waals surface area contributed by atoms with Gasteiger partial charge in [-0.05, 0) is 45.9 Å². The molecule has 0 aliphatic rings. The summed E-state index contributed by atoms with van der Waals surface area (Å²) in [5.74, 6) is 0.0948. The van der Waals surface area contributed by atoms with Crippen molar-refractivity contribution in [3.8, 4) is 0 Å². The van der Waals surface area contributed by atoms with Gasteiger partial charge in [-0.2, -0.15) is 0 Å². The van der Waals surface area contributed by atoms with Crippen LogP contribution >= 0.6 is 27.7 Å². The van der Waals surface area contributed by atoms with Crippen LogP contribution in [0.2, 0.25) is 0 Å². The molecule has 1 amide bonds. The molecule has 2 aromatic rings. The van der Waals surface area contributed by atoms with Crippen LogP contribution in [0.3, 0.4) is 0 Å². The van der Waals surface area contributed by atoms with E-state index >= 15 is 0 Å². The van der Waals surface area contributed by atoms with Gasteiger partial charge in [0.25, 0.3) is 5.91 Å². The fourth-order valence-electron chi connectivity index (χ4n) is 1.43. The van der Waals surface area contributed by atoms with Crippen molar-refractivity contribution in [1.82, 2.24) is 9.97 Å². The molecule has 0 spiro atoms. The van der Waals surface area contributed by atoms with E-state index in [0.29, 0.717) is 15.3 Å². The van der Waals surface area contributed by atoms with E-state index in [4.69, 9.17) is 0 Å². The molecular weight excluding hydrogens is 345 g/mol. The minimum atomic E-state index is -0.371. The Morgan fingerprint density at radius 3 is 2.75 bits per heavy atom. The zero-order valence-electron chi connectivity index (χ0n) is 10.6. The van der Waals surface area contributed by atoms with Crippen molar-refractivity contribution in [2.75, 3.05) is 11.1 Å². The Morgan fingerprint density at radius 2 is 2.10 bits per heavy atom. The van der Waals surface area contributed by atoms with Gasteiger partial charge in [-0.15, -0.1) is 0 Å². The number of aromatic nitrogens is 2. The maximum absolute atomic E-state index is 12.8. The second kappa shape index (κ2) is 6.81. The Balaban J connectivity index is 2.19. The molecule has 20 heavy (non-hydrogen) atoms. The summed E-state index contributed by atoms with van der Waals surface area (Å²) in [6, 6.07) is 5.54. The molecule has 0 fully saturated rings. The number of nitrogens with one attached hydrogen (secondary N) is 1. The molecule has 0 atom stereocenters. The van der Waals surface area contributed by atoms with E-state index in [0.717, 1.165) is 5.75 Å². The third-order valence-corrected chi connectivity index (χ3v) is 3.64. The summed E-state index contributed by atoms with van der Waals surface area (Å²) in [4.78, 5) is 20.4. The number of halogens is 2. The van der Waals surface area contributed by atoms with E-state index < -0.39 is 0 Å². The van der Waals surface area contributed by atoms with Gasteiger partial charge in [0.2, 0.25) is 0 Å². The summed E-state index contributed by atoms with van der Waals surface area (Å²) in [5.41, 5.74) is 0.756. The van der Waals surface area contributed by atoms with Gasteiger partial charge in [-0.25, -0.2) is 14.4 Å². The van der Waals surface area contributed by atoms with Crippen molar-refractivity contribution in [1.29, 1.82) is 0 Å². The van der Waals surface area contributed by atoms with Crippen LogP contribution in [-0.2, 0) is 0 Å². The van der Waals surface area contributed by atoms with Crippen molar-refractivity contribution >= 4 is 39.3 Å². The maximum Gasteiger partial charge on any atom is 0.275 e. The molecule has 1 aromatic carbocycles. The van der Waals surface area contributed by atoms with E-state index in [1.807, 2.05) is 6.92 Å². The number of rotatable bonds is 4. The number of anilines is 1. The van der Waals surface area contributed by atoms with Crippen LogP contribution in [0.5, 0.6) is 0 Å². The predicted molar refractivity (Wildman–Crippen MR) is 80.5 cm³/mol. The molecule has 0 unspecified atom stereocenters. The number of carbonyl (C=O) groups excluding carboxylic acids is 1. The lowest BCUT2D eigenvalue weighted by molar-refractivity contribution is 0.102. The highest BCUT2D eigenvalue weighted by Gasteiger charge is 2.14. The molecule has 104 valence electrons. The van der Waals surface area contributed by atoms with E-state index in [-0.39, 0.29) is 17.4 Å². The number of carbonyl (C=O) groups is 1. The van der Waals surface area contributed by atoms with Gasteiger partial charge in [0.15, 0.2) is 5.16 Å². The molecule has 0 saturated heterocycles. The lowest BCUT2D eigenvalue weighted by Crippen LogP contribution is -2.15. The minimum absolute atomic E-state index is 0.250. The summed E-state index contributed by atoms with van der Waals surface area (Å²) >= 11 is 4.70. The van der Waals surface area contributed by atoms with Crippen molar-refractivity contribution in [3.05, 3.63) is 46.4 Å². The zero-order chi connectivity index (χ0) is 14.5. The monoisotopic (exact) mass is 355 g/mol. The van der Waals surface area contributed by atoms with E-state index in [1.54, 1.807) is 6.20 Å². The first-order valence-corrected chi connectivity index (χ1v) is 7.60. The maximum atomic E-state index is 12.8. The Hall–Kier alpha value is -1.47. The van der Waals surface area contributed by atoms with Crippen molar-refractivity contribution in [3.63, 3.8) is 0 Å². The SMILES string of the molecule is CCSc1ncc(Br)c(C(=O)Nc2ccc(F)cc2)n1. The van der Waals surface area contributed by atoms with Crippen molar-refractivity contribution in [2.45, 2.75) is 12.1 Å². The van der Waals surface area contributed by atoms with Crippen LogP contribution in [0.15, 0.2) is 40.1 Å². The Bertz CT molecular complexity index is 622. The predicted octanol–water partition coefficient (Wildman–Crippen LogP) is 3.74. The number of nitrogens with zero attached hydrogens (tertiary/aromatic N) is 2. The fraction of sp³-hybridized carbons (Fsp3) is 0.154. The zero-order valence-corrected chi connectivity index (χ0v) is 13.0. The molecule has 4 nitrogen and oxygen atoms in total. The molecule has 1 aromatic heterocycles. The number of benzene rings is 1. The highest BCUT2D eigenvalue weighted by Crippen LogP contribution is 2.20. The van der Waals surface area contributed by atoms with E-state index in [1.165, 1.54) is 36.0 Å². The van der Waals surface area contributed by atoms with Gasteiger partial charge >= 0.3 is 0 Å². The largest absolute Gasteiger partial charge is 0.321 e. The number of hydrogen-bond donors (Lipinski definition) is 1. The first kappa shape index (κ1) is 14.9. The molecule has 0 bridgehead atoms. The van der Waals surface area contributed by atoms with Crippen LogP contribution in [0.4, 0.5) is 10.1 Å². The van der Waals surface area contributed by atoms with Gasteiger partial charge in [0, 0.05) is 11.9 Å². The third-order valence-electron chi connectivity index (χ3n) is 2.31. The quantitative estimate of drug-likeness (QED) is 0.670. The second-order valence-corrected chi connectivity index (χ2v) is 5.83. The topological polar surface area (TPSA) is 54.9 Å². The molecule has 1 N–H and O–H groups in total. The van der Waals surface area contributed by atoms with Crippen LogP contribution in [0.25, 0.3) is 0 Å². The molecule has 2 rings (SSSR count). The van der Waals surface area contributed by atoms with E-state index in [9.17, 15) is 9.18 Å². The third kappa shape index (κ3) is 3.77. The lowest BCUT2D eigenvalue weighted by atomic mass is 10.3. The normalized spacial score (nSPS) is 10.3. The molecule has 0 radical (unpaired) electrons. The summed E-state index contributed by atoms with van der Waals surface area (Å²) < 4.78 is 13.3. The van der Waals surface area contributed by atoms with Gasteiger partial charge in [0.05, 0.1) is 4.47 Å². The Morgan fingerprint density at radius 1 is 1.40 bits per heavy atom. The highest BCUT2D eigenvalue weighted by molar-refractivity contribution is 9.10. The summed E-state index contributed by atoms with van der Waals surface area (Å²) in [6.45, 7) is 1.98. The minimum Gasteiger partial charge on any atom is -0.321 e. The number of thioether (sulfide) groups is 1. The molecule has 0 aliphatic carbocycles. The lowest BCUT2D eigenvalue weighted by Gasteiger charge is -2.07. The molecule has 0 aliphatic heterocycles. The van der Waals surface area contributed by atoms with E-state index in [2.05, 4.69) is 31.2 Å². The van der Waals surface area contributed by atoms with Crippen LogP contribution < -0.4 is 5.32 Å². The Kier molecular flexibility index (Phi) is 5.08. The van der Waals surface area contributed by atoms with Gasteiger partial charge < -0.3 is 5.32 Å². The van der Waals surface area contributed by atoms with Crippen molar-refractivity contribution < 1.29 is 9.18 Å². The number of hydrogen-bond acceptors (Lipinski definition) is 4. The average molecular weight is 356 g/mol. The van der Waals surface area contributed by atoms with Crippen LogP contribution in [0.1, 0.15) is 17.4 Å². The van der Waals surface area contributed by atoms with Gasteiger partial charge in [-0.1, -0.05) is 18.7 Å². The molecule has 7 heteroatoms. The number of amides is 1. The van der Waals surface area contributed by atoms with Crippen LogP contribution in [0, 0.1) is 5.82 Å². The van der Waals surface area contributed by atoms with Gasteiger partial charge in [-0.3, -0.25) is 4.79 Å². The first-order chi connectivity index (χ1) is 9.60. The molecule has 0 saturated carbocycles. The highest BCUT2D eigenvalue weighted by atomic mass is 79.9. The van der Waals surface area contributed by atoms with Gasteiger partial charge in [0.1, 0.15) is 11.5 Å². The molecular formula is C13H11BrFN3OS. The fourth-order valence-corrected chi connectivity index (χ4v) is 2.34. The smallest absolute Gasteiger partial charge is 0.275 e. The van der Waals surface area contributed by atoms with Crippen molar-refractivity contribution in [2.24, 2.45) is 0 Å². The summed E-state index contributed by atoms with van der Waals surface area (Å²) in [5, 5.41) is 3.20. The average Bonchev–Trinajstić information content (AvgIpc) is 2.43. The second-order valence-electron chi connectivity index (χ2n) is 3.74. The van der Waals surface area contributed by atoms with Crippen LogP contribution in [-0.4, -0.2) is 21.6 Å². The summed E-state index contributed by atoms with van der Waals surface area (Å²) in [7, 11) is 0. The standard InChI is InChI=1S/C13H11BrFN3OS/c1-2-20-13-16-7-10(14)11(18-13)12(19)17-9-5-3-8(15)4-6-9/h3-7H,2H2,1H3,(H,17,19). The first-order valence-electron chi connectivity index (χ1n) is 5.82. The summed E-state index contributed by atoms with van der Waals surface area (Å²) in [6.07, 6.45) is 1.55.